The number of hydrogen-bond donors (Lipinski definition) is 0. The van der Waals surface area contributed by atoms with Crippen LogP contribution in [0.5, 0.6) is 0 Å². The van der Waals surface area contributed by atoms with Crippen LogP contribution in [0.25, 0.3) is 0 Å². The maximum atomic E-state index is 5.46. The van der Waals surface area contributed by atoms with Crippen LogP contribution >= 0.6 is 0 Å². The monoisotopic (exact) mass is 939 g/mol. The van der Waals surface area contributed by atoms with Gasteiger partial charge in [-0.1, -0.05) is 283 Å². The molecule has 0 unspecified atom stereocenters. The van der Waals surface area contributed by atoms with Gasteiger partial charge in [0.05, 0.1) is 22.8 Å². The van der Waals surface area contributed by atoms with Gasteiger partial charge >= 0.3 is 0 Å². The fourth-order valence-electron chi connectivity index (χ4n) is 9.58. The van der Waals surface area contributed by atoms with Gasteiger partial charge in [0, 0.05) is 16.5 Å². The number of benzene rings is 2. The van der Waals surface area contributed by atoms with Gasteiger partial charge in [0.15, 0.2) is 0 Å². The number of nitrogens with zero attached hydrogens (tertiary/aromatic N) is 2. The molecule has 0 atom stereocenters. The molecule has 0 heterocycles. The molecule has 0 amide bonds. The Morgan fingerprint density at radius 3 is 0.831 bits per heavy atom. The Morgan fingerprint density at radius 2 is 0.538 bits per heavy atom. The summed E-state index contributed by atoms with van der Waals surface area (Å²) < 4.78 is 0. The van der Waals surface area contributed by atoms with Crippen LogP contribution in [0.4, 0.5) is 11.4 Å². The minimum absolute atomic E-state index is 0. The Balaban J connectivity index is 0.0000211. The van der Waals surface area contributed by atoms with Crippen molar-refractivity contribution < 1.29 is 16.5 Å². The van der Waals surface area contributed by atoms with E-state index < -0.39 is 0 Å². The minimum atomic E-state index is 0. The second-order valence-electron chi connectivity index (χ2n) is 20.2. The molecular formula is C62H108N2Ni. The first-order valence-corrected chi connectivity index (χ1v) is 29.0. The molecule has 376 valence electrons. The van der Waals surface area contributed by atoms with E-state index in [1.54, 1.807) is 0 Å². The van der Waals surface area contributed by atoms with E-state index in [-0.39, 0.29) is 16.5 Å². The van der Waals surface area contributed by atoms with Gasteiger partial charge in [-0.05, 0) is 86.8 Å². The van der Waals surface area contributed by atoms with Crippen LogP contribution in [0.2, 0.25) is 0 Å². The van der Waals surface area contributed by atoms with E-state index in [9.17, 15) is 0 Å². The van der Waals surface area contributed by atoms with Crippen molar-refractivity contribution in [3.8, 4) is 0 Å². The molecule has 65 heavy (non-hydrogen) atoms. The van der Waals surface area contributed by atoms with Crippen molar-refractivity contribution in [3.05, 3.63) is 59.7 Å². The first-order valence-electron chi connectivity index (χ1n) is 29.0. The van der Waals surface area contributed by atoms with Crippen molar-refractivity contribution in [1.82, 2.24) is 0 Å². The number of unbranched alkanes of at least 4 members (excludes halogenated alkanes) is 36. The SMILES string of the molecule is CCCCCCCCCCCCCCCCCCc1cccc(/N=C(CCCCCCCC)\C(CCCC)=N\c2cccc(CCCCCCCCCCCCCCCCCC)c2)c1.[Ni]. The van der Waals surface area contributed by atoms with Crippen LogP contribution in [-0.4, -0.2) is 11.4 Å². The molecule has 0 saturated carbocycles. The van der Waals surface area contributed by atoms with Crippen molar-refractivity contribution in [2.75, 3.05) is 0 Å². The molecule has 0 spiro atoms. The molecule has 0 radical (unpaired) electrons. The molecule has 2 rings (SSSR count). The Hall–Kier alpha value is -1.73. The number of rotatable bonds is 47. The topological polar surface area (TPSA) is 24.7 Å². The summed E-state index contributed by atoms with van der Waals surface area (Å²) in [6, 6.07) is 18.3. The van der Waals surface area contributed by atoms with E-state index in [2.05, 4.69) is 76.2 Å². The quantitative estimate of drug-likeness (QED) is 0.0359. The predicted molar refractivity (Wildman–Crippen MR) is 291 cm³/mol. The molecule has 0 aliphatic carbocycles. The Bertz CT molecular complexity index is 1360. The Labute approximate surface area is 417 Å². The zero-order valence-electron chi connectivity index (χ0n) is 43.9. The molecule has 2 aromatic rings. The van der Waals surface area contributed by atoms with E-state index >= 15 is 0 Å². The summed E-state index contributed by atoms with van der Waals surface area (Å²) in [6.45, 7) is 9.24. The van der Waals surface area contributed by atoms with Crippen LogP contribution in [0.15, 0.2) is 58.5 Å². The largest absolute Gasteiger partial charge is 0.252 e. The Morgan fingerprint density at radius 1 is 0.292 bits per heavy atom. The van der Waals surface area contributed by atoms with Crippen LogP contribution in [0.1, 0.15) is 308 Å². The smallest absolute Gasteiger partial charge is 0.0636 e. The second-order valence-corrected chi connectivity index (χ2v) is 20.2. The standard InChI is InChI=1S/C62H108N2.Ni/c1-5-9-13-16-19-21-23-25-27-29-31-33-35-37-39-42-47-57-49-45-51-59(55-57)63-61(53-12-8-4)62(54-44-41-18-15-11-7-3)64-60-52-46-50-58(56-60)48-43-40-38-36-34-32-30-28-26-24-22-20-17-14-10-6-2;/h45-46,49-52,55-56H,5-44,47-48,53-54H2,1-4H3;/b63-61+,64-62-;. The van der Waals surface area contributed by atoms with Crippen LogP contribution < -0.4 is 0 Å². The van der Waals surface area contributed by atoms with Crippen molar-refractivity contribution in [2.45, 2.75) is 310 Å². The summed E-state index contributed by atoms with van der Waals surface area (Å²) >= 11 is 0. The third-order valence-corrected chi connectivity index (χ3v) is 13.9. The summed E-state index contributed by atoms with van der Waals surface area (Å²) in [5, 5.41) is 0. The molecule has 0 aromatic heterocycles. The van der Waals surface area contributed by atoms with Gasteiger partial charge in [-0.25, -0.2) is 0 Å². The third kappa shape index (κ3) is 36.9. The van der Waals surface area contributed by atoms with Gasteiger partial charge in [-0.2, -0.15) is 0 Å². The molecule has 2 nitrogen and oxygen atoms in total. The predicted octanol–water partition coefficient (Wildman–Crippen LogP) is 22.1. The summed E-state index contributed by atoms with van der Waals surface area (Å²) in [4.78, 5) is 10.9. The van der Waals surface area contributed by atoms with E-state index in [0.29, 0.717) is 0 Å². The fraction of sp³-hybridized carbons (Fsp3) is 0.774. The summed E-state index contributed by atoms with van der Waals surface area (Å²) in [5.74, 6) is 0. The average Bonchev–Trinajstić information content (AvgIpc) is 3.31. The van der Waals surface area contributed by atoms with Crippen molar-refractivity contribution in [2.24, 2.45) is 9.98 Å². The molecule has 0 bridgehead atoms. The van der Waals surface area contributed by atoms with Crippen LogP contribution in [0.3, 0.4) is 0 Å². The van der Waals surface area contributed by atoms with Crippen molar-refractivity contribution >= 4 is 22.8 Å². The summed E-state index contributed by atoms with van der Waals surface area (Å²) in [6.07, 6.45) is 59.9. The minimum Gasteiger partial charge on any atom is -0.252 e. The molecule has 0 N–H and O–H groups in total. The number of hydrogen-bond acceptors (Lipinski definition) is 2. The fourth-order valence-corrected chi connectivity index (χ4v) is 9.58. The maximum absolute atomic E-state index is 5.46. The van der Waals surface area contributed by atoms with Crippen molar-refractivity contribution in [3.63, 3.8) is 0 Å². The van der Waals surface area contributed by atoms with E-state index in [0.717, 1.165) is 43.5 Å². The first-order chi connectivity index (χ1) is 31.7. The maximum Gasteiger partial charge on any atom is 0.0636 e. The first kappa shape index (κ1) is 61.3. The molecule has 2 aromatic carbocycles. The zero-order chi connectivity index (χ0) is 45.6. The normalized spacial score (nSPS) is 12.0. The van der Waals surface area contributed by atoms with Gasteiger partial charge in [-0.3, -0.25) is 9.98 Å². The Kier molecular flexibility index (Phi) is 44.6. The van der Waals surface area contributed by atoms with Crippen LogP contribution in [-0.2, 0) is 29.3 Å². The third-order valence-electron chi connectivity index (χ3n) is 13.9. The molecule has 0 fully saturated rings. The zero-order valence-corrected chi connectivity index (χ0v) is 44.9. The summed E-state index contributed by atoms with van der Waals surface area (Å²) in [7, 11) is 0. The van der Waals surface area contributed by atoms with Gasteiger partial charge < -0.3 is 0 Å². The molecule has 0 aliphatic heterocycles. The van der Waals surface area contributed by atoms with E-state index in [1.165, 1.54) is 273 Å². The average molecular weight is 940 g/mol. The van der Waals surface area contributed by atoms with Gasteiger partial charge in [0.1, 0.15) is 0 Å². The second kappa shape index (κ2) is 47.3. The van der Waals surface area contributed by atoms with E-state index in [4.69, 9.17) is 9.98 Å². The molecular weight excluding hydrogens is 831 g/mol. The van der Waals surface area contributed by atoms with Crippen LogP contribution in [0, 0.1) is 0 Å². The van der Waals surface area contributed by atoms with Gasteiger partial charge in [-0.15, -0.1) is 0 Å². The molecule has 0 saturated heterocycles. The van der Waals surface area contributed by atoms with Crippen molar-refractivity contribution in [1.29, 1.82) is 0 Å². The van der Waals surface area contributed by atoms with E-state index in [1.807, 2.05) is 0 Å². The van der Waals surface area contributed by atoms with Gasteiger partial charge in [0.25, 0.3) is 0 Å². The molecule has 0 aliphatic rings. The number of aryl methyl sites for hydroxylation is 2. The molecule has 3 heteroatoms. The summed E-state index contributed by atoms with van der Waals surface area (Å²) in [5.41, 5.74) is 7.58. The number of aliphatic imine (C=N–C) groups is 2. The van der Waals surface area contributed by atoms with Gasteiger partial charge in [0.2, 0.25) is 0 Å².